The second-order valence-corrected chi connectivity index (χ2v) is 4.49. The second kappa shape index (κ2) is 8.67. The third-order valence-corrected chi connectivity index (χ3v) is 3.08. The predicted octanol–water partition coefficient (Wildman–Crippen LogP) is 2.61. The maximum Gasteiger partial charge on any atom is 0.310 e. The first-order chi connectivity index (χ1) is 9.16. The number of aryl methyl sites for hydroxylation is 1. The Bertz CT molecular complexity index is 389. The summed E-state index contributed by atoms with van der Waals surface area (Å²) in [7, 11) is 1.63. The minimum Gasteiger partial charge on any atom is -0.481 e. The Balaban J connectivity index is 2.46. The van der Waals surface area contributed by atoms with Gasteiger partial charge in [0.1, 0.15) is 0 Å². The van der Waals surface area contributed by atoms with E-state index in [4.69, 9.17) is 9.47 Å². The van der Waals surface area contributed by atoms with Crippen molar-refractivity contribution >= 4 is 5.97 Å². The van der Waals surface area contributed by atoms with Gasteiger partial charge in [-0.05, 0) is 30.9 Å². The molecular formula is C15H22O4. The van der Waals surface area contributed by atoms with E-state index in [1.807, 2.05) is 31.2 Å². The molecule has 0 amide bonds. The molecule has 1 rings (SSSR count). The monoisotopic (exact) mass is 266 g/mol. The fraction of sp³-hybridized carbons (Fsp3) is 0.533. The highest BCUT2D eigenvalue weighted by Gasteiger charge is 2.20. The second-order valence-electron chi connectivity index (χ2n) is 4.49. The van der Waals surface area contributed by atoms with Crippen LogP contribution < -0.4 is 0 Å². The summed E-state index contributed by atoms with van der Waals surface area (Å²) in [6.07, 6.45) is 1.32. The van der Waals surface area contributed by atoms with Crippen LogP contribution in [0.3, 0.4) is 0 Å². The summed E-state index contributed by atoms with van der Waals surface area (Å²) in [4.78, 5) is 11.4. The van der Waals surface area contributed by atoms with E-state index in [1.54, 1.807) is 7.11 Å². The number of aliphatic carboxylic acids is 1. The number of methoxy groups -OCH3 is 1. The van der Waals surface area contributed by atoms with Crippen LogP contribution in [0.2, 0.25) is 0 Å². The largest absolute Gasteiger partial charge is 0.481 e. The summed E-state index contributed by atoms with van der Waals surface area (Å²) in [5.41, 5.74) is 1.92. The Morgan fingerprint density at radius 3 is 2.63 bits per heavy atom. The summed E-state index contributed by atoms with van der Waals surface area (Å²) in [5, 5.41) is 9.33. The van der Waals surface area contributed by atoms with E-state index in [0.29, 0.717) is 26.2 Å². The van der Waals surface area contributed by atoms with Crippen LogP contribution in [-0.2, 0) is 14.3 Å². The first-order valence-corrected chi connectivity index (χ1v) is 6.51. The van der Waals surface area contributed by atoms with Gasteiger partial charge in [-0.1, -0.05) is 24.3 Å². The number of benzene rings is 1. The van der Waals surface area contributed by atoms with Gasteiger partial charge in [0.15, 0.2) is 0 Å². The number of carbonyl (C=O) groups is 1. The molecule has 0 bridgehead atoms. The molecule has 1 aromatic carbocycles. The molecule has 0 saturated carbocycles. The highest BCUT2D eigenvalue weighted by molar-refractivity contribution is 5.76. The predicted molar refractivity (Wildman–Crippen MR) is 73.5 cm³/mol. The molecule has 1 atom stereocenters. The lowest BCUT2D eigenvalue weighted by Gasteiger charge is -2.15. The van der Waals surface area contributed by atoms with Gasteiger partial charge in [-0.2, -0.15) is 0 Å². The van der Waals surface area contributed by atoms with Gasteiger partial charge in [0, 0.05) is 13.7 Å². The van der Waals surface area contributed by atoms with Gasteiger partial charge < -0.3 is 14.6 Å². The molecule has 0 aliphatic rings. The average molecular weight is 266 g/mol. The molecule has 1 aromatic rings. The molecule has 4 nitrogen and oxygen atoms in total. The summed E-state index contributed by atoms with van der Waals surface area (Å²) in [6, 6.07) is 7.64. The molecule has 0 heterocycles. The van der Waals surface area contributed by atoms with E-state index < -0.39 is 11.9 Å². The normalized spacial score (nSPS) is 12.3. The summed E-state index contributed by atoms with van der Waals surface area (Å²) in [5.74, 6) is -1.22. The number of rotatable bonds is 9. The lowest BCUT2D eigenvalue weighted by Crippen LogP contribution is -2.14. The first kappa shape index (κ1) is 15.7. The van der Waals surface area contributed by atoms with Gasteiger partial charge in [0.25, 0.3) is 0 Å². The van der Waals surface area contributed by atoms with Crippen LogP contribution in [0.5, 0.6) is 0 Å². The molecule has 1 N–H and O–H groups in total. The van der Waals surface area contributed by atoms with Crippen LogP contribution in [0.25, 0.3) is 0 Å². The van der Waals surface area contributed by atoms with Crippen molar-refractivity contribution in [2.75, 3.05) is 26.9 Å². The van der Waals surface area contributed by atoms with Crippen LogP contribution in [0.15, 0.2) is 24.3 Å². The SMILES string of the molecule is COCCOCCCC(C(=O)O)c1ccccc1C. The minimum atomic E-state index is -0.772. The van der Waals surface area contributed by atoms with Crippen molar-refractivity contribution < 1.29 is 19.4 Å². The standard InChI is InChI=1S/C15H22O4/c1-12-6-3-4-7-13(12)14(15(16)17)8-5-9-19-11-10-18-2/h3-4,6-7,14H,5,8-11H2,1-2H3,(H,16,17). The third-order valence-electron chi connectivity index (χ3n) is 3.08. The van der Waals surface area contributed by atoms with Crippen molar-refractivity contribution in [2.24, 2.45) is 0 Å². The number of hydrogen-bond acceptors (Lipinski definition) is 3. The van der Waals surface area contributed by atoms with Gasteiger partial charge >= 0.3 is 5.97 Å². The highest BCUT2D eigenvalue weighted by Crippen LogP contribution is 2.24. The molecule has 0 radical (unpaired) electrons. The molecular weight excluding hydrogens is 244 g/mol. The molecule has 0 saturated heterocycles. The smallest absolute Gasteiger partial charge is 0.310 e. The minimum absolute atomic E-state index is 0.452. The topological polar surface area (TPSA) is 55.8 Å². The van der Waals surface area contributed by atoms with Crippen molar-refractivity contribution in [1.29, 1.82) is 0 Å². The molecule has 0 aliphatic carbocycles. The van der Waals surface area contributed by atoms with E-state index >= 15 is 0 Å². The van der Waals surface area contributed by atoms with Crippen LogP contribution in [0.4, 0.5) is 0 Å². The molecule has 1 unspecified atom stereocenters. The Morgan fingerprint density at radius 2 is 2.00 bits per heavy atom. The Labute approximate surface area is 114 Å². The molecule has 0 spiro atoms. The van der Waals surface area contributed by atoms with Gasteiger partial charge in [0.05, 0.1) is 19.1 Å². The lowest BCUT2D eigenvalue weighted by atomic mass is 9.91. The Morgan fingerprint density at radius 1 is 1.26 bits per heavy atom. The average Bonchev–Trinajstić information content (AvgIpc) is 2.39. The number of hydrogen-bond donors (Lipinski definition) is 1. The molecule has 106 valence electrons. The number of ether oxygens (including phenoxy) is 2. The Hall–Kier alpha value is -1.39. The van der Waals surface area contributed by atoms with E-state index in [0.717, 1.165) is 17.5 Å². The first-order valence-electron chi connectivity index (χ1n) is 6.51. The maximum atomic E-state index is 11.4. The van der Waals surface area contributed by atoms with E-state index in [9.17, 15) is 9.90 Å². The molecule has 19 heavy (non-hydrogen) atoms. The third kappa shape index (κ3) is 5.41. The number of carboxylic acids is 1. The van der Waals surface area contributed by atoms with E-state index in [2.05, 4.69) is 0 Å². The maximum absolute atomic E-state index is 11.4. The van der Waals surface area contributed by atoms with Crippen molar-refractivity contribution in [3.05, 3.63) is 35.4 Å². The van der Waals surface area contributed by atoms with Crippen molar-refractivity contribution in [1.82, 2.24) is 0 Å². The summed E-state index contributed by atoms with van der Waals surface area (Å²) < 4.78 is 10.2. The van der Waals surface area contributed by atoms with Crippen LogP contribution in [0.1, 0.15) is 29.9 Å². The number of carboxylic acid groups (broad SMARTS) is 1. The fourth-order valence-electron chi connectivity index (χ4n) is 2.02. The van der Waals surface area contributed by atoms with Gasteiger partial charge in [-0.15, -0.1) is 0 Å². The lowest BCUT2D eigenvalue weighted by molar-refractivity contribution is -0.139. The van der Waals surface area contributed by atoms with Gasteiger partial charge in [0.2, 0.25) is 0 Å². The molecule has 0 aliphatic heterocycles. The van der Waals surface area contributed by atoms with Gasteiger partial charge in [-0.25, -0.2) is 0 Å². The van der Waals surface area contributed by atoms with Crippen LogP contribution in [-0.4, -0.2) is 38.0 Å². The zero-order valence-electron chi connectivity index (χ0n) is 11.6. The van der Waals surface area contributed by atoms with Crippen molar-refractivity contribution in [3.8, 4) is 0 Å². The molecule has 0 fully saturated rings. The highest BCUT2D eigenvalue weighted by atomic mass is 16.5. The quantitative estimate of drug-likeness (QED) is 0.698. The van der Waals surface area contributed by atoms with Crippen LogP contribution >= 0.6 is 0 Å². The molecule has 0 aromatic heterocycles. The summed E-state index contributed by atoms with van der Waals surface area (Å²) >= 11 is 0. The zero-order chi connectivity index (χ0) is 14.1. The van der Waals surface area contributed by atoms with E-state index in [1.165, 1.54) is 0 Å². The van der Waals surface area contributed by atoms with Crippen molar-refractivity contribution in [3.63, 3.8) is 0 Å². The molecule has 4 heteroatoms. The fourth-order valence-corrected chi connectivity index (χ4v) is 2.02. The van der Waals surface area contributed by atoms with E-state index in [-0.39, 0.29) is 0 Å². The van der Waals surface area contributed by atoms with Crippen molar-refractivity contribution in [2.45, 2.75) is 25.7 Å². The van der Waals surface area contributed by atoms with Gasteiger partial charge in [-0.3, -0.25) is 4.79 Å². The Kier molecular flexibility index (Phi) is 7.15. The summed E-state index contributed by atoms with van der Waals surface area (Å²) in [6.45, 7) is 3.64. The zero-order valence-corrected chi connectivity index (χ0v) is 11.6. The van der Waals surface area contributed by atoms with Crippen LogP contribution in [0, 0.1) is 6.92 Å².